The lowest BCUT2D eigenvalue weighted by molar-refractivity contribution is -0.141. The number of carbonyl (C=O) groups excluding carboxylic acids is 1. The van der Waals surface area contributed by atoms with Crippen LogP contribution in [0, 0.1) is 5.92 Å². The highest BCUT2D eigenvalue weighted by Crippen LogP contribution is 2.40. The number of rotatable bonds is 2. The molecule has 1 saturated heterocycles. The van der Waals surface area contributed by atoms with Crippen LogP contribution < -0.4 is 0 Å². The van der Waals surface area contributed by atoms with Crippen molar-refractivity contribution in [3.05, 3.63) is 30.1 Å². The topological polar surface area (TPSA) is 70.5 Å². The number of likely N-dealkylation sites (tertiary alicyclic amines) is 1. The van der Waals surface area contributed by atoms with Crippen LogP contribution in [0.2, 0.25) is 0 Å². The second-order valence-electron chi connectivity index (χ2n) is 5.65. The van der Waals surface area contributed by atoms with Crippen LogP contribution in [-0.4, -0.2) is 39.0 Å². The van der Waals surface area contributed by atoms with E-state index in [1.165, 1.54) is 0 Å². The zero-order valence-corrected chi connectivity index (χ0v) is 11.2. The Morgan fingerprint density at radius 3 is 2.60 bits per heavy atom. The van der Waals surface area contributed by atoms with Crippen LogP contribution >= 0.6 is 0 Å². The molecule has 2 heterocycles. The van der Waals surface area contributed by atoms with Crippen molar-refractivity contribution in [1.82, 2.24) is 9.88 Å². The van der Waals surface area contributed by atoms with E-state index in [9.17, 15) is 14.7 Å². The minimum absolute atomic E-state index is 0.0884. The summed E-state index contributed by atoms with van der Waals surface area (Å²) in [5.74, 6) is -0.716. The van der Waals surface area contributed by atoms with Gasteiger partial charge in [-0.25, -0.2) is 4.79 Å². The number of aliphatic carboxylic acids is 1. The molecular weight excluding hydrogens is 256 g/mol. The lowest BCUT2D eigenvalue weighted by atomic mass is 9.84. The molecule has 2 fully saturated rings. The van der Waals surface area contributed by atoms with Gasteiger partial charge in [0.15, 0.2) is 0 Å². The SMILES string of the molecule is O=C(O)C1CC2CCCCC2N1C(=O)c1ccncc1. The van der Waals surface area contributed by atoms with Gasteiger partial charge in [0.05, 0.1) is 0 Å². The normalized spacial score (nSPS) is 29.0. The van der Waals surface area contributed by atoms with Crippen molar-refractivity contribution in [3.63, 3.8) is 0 Å². The molecule has 1 aromatic heterocycles. The fraction of sp³-hybridized carbons (Fsp3) is 0.533. The van der Waals surface area contributed by atoms with E-state index in [4.69, 9.17) is 0 Å². The molecule has 1 saturated carbocycles. The number of hydrogen-bond donors (Lipinski definition) is 1. The summed E-state index contributed by atoms with van der Waals surface area (Å²) >= 11 is 0. The lowest BCUT2D eigenvalue weighted by Gasteiger charge is -2.33. The number of fused-ring (bicyclic) bond motifs is 1. The molecule has 1 amide bonds. The Morgan fingerprint density at radius 2 is 1.90 bits per heavy atom. The Kier molecular flexibility index (Phi) is 3.42. The standard InChI is InChI=1S/C15H18N2O3/c18-14(10-5-7-16-8-6-10)17-12-4-2-1-3-11(12)9-13(17)15(19)20/h5-8,11-13H,1-4,9H2,(H,19,20). The minimum atomic E-state index is -0.887. The maximum atomic E-state index is 12.7. The average molecular weight is 274 g/mol. The highest BCUT2D eigenvalue weighted by atomic mass is 16.4. The fourth-order valence-electron chi connectivity index (χ4n) is 3.62. The van der Waals surface area contributed by atoms with Gasteiger partial charge in [-0.3, -0.25) is 9.78 Å². The van der Waals surface area contributed by atoms with Crippen molar-refractivity contribution < 1.29 is 14.7 Å². The van der Waals surface area contributed by atoms with E-state index in [2.05, 4.69) is 4.98 Å². The predicted octanol–water partition coefficient (Wildman–Crippen LogP) is 1.94. The molecule has 1 aliphatic carbocycles. The first kappa shape index (κ1) is 13.1. The van der Waals surface area contributed by atoms with Crippen molar-refractivity contribution in [3.8, 4) is 0 Å². The van der Waals surface area contributed by atoms with Gasteiger partial charge in [0.2, 0.25) is 0 Å². The Balaban J connectivity index is 1.91. The third kappa shape index (κ3) is 2.17. The molecule has 0 aromatic carbocycles. The van der Waals surface area contributed by atoms with Gasteiger partial charge in [0.1, 0.15) is 6.04 Å². The average Bonchev–Trinajstić information content (AvgIpc) is 2.87. The number of aromatic nitrogens is 1. The molecule has 3 atom stereocenters. The molecule has 2 aliphatic rings. The second-order valence-corrected chi connectivity index (χ2v) is 5.65. The van der Waals surface area contributed by atoms with Gasteiger partial charge in [0.25, 0.3) is 5.91 Å². The second kappa shape index (κ2) is 5.23. The van der Waals surface area contributed by atoms with Crippen LogP contribution in [-0.2, 0) is 4.79 Å². The summed E-state index contributed by atoms with van der Waals surface area (Å²) < 4.78 is 0. The highest BCUT2D eigenvalue weighted by molar-refractivity contribution is 5.97. The molecular formula is C15H18N2O3. The van der Waals surface area contributed by atoms with E-state index in [0.29, 0.717) is 17.9 Å². The van der Waals surface area contributed by atoms with Crippen LogP contribution in [0.3, 0.4) is 0 Å². The molecule has 3 rings (SSSR count). The molecule has 5 heteroatoms. The number of amides is 1. The van der Waals surface area contributed by atoms with Crippen molar-refractivity contribution in [1.29, 1.82) is 0 Å². The van der Waals surface area contributed by atoms with E-state index < -0.39 is 12.0 Å². The molecule has 0 radical (unpaired) electrons. The highest BCUT2D eigenvalue weighted by Gasteiger charge is 2.47. The first-order valence-electron chi connectivity index (χ1n) is 7.14. The third-order valence-corrected chi connectivity index (χ3v) is 4.53. The molecule has 1 aromatic rings. The van der Waals surface area contributed by atoms with Gasteiger partial charge in [0, 0.05) is 24.0 Å². The van der Waals surface area contributed by atoms with Crippen LogP contribution in [0.1, 0.15) is 42.5 Å². The number of carboxylic acid groups (broad SMARTS) is 1. The first-order valence-corrected chi connectivity index (χ1v) is 7.14. The zero-order valence-electron chi connectivity index (χ0n) is 11.2. The molecule has 0 bridgehead atoms. The Morgan fingerprint density at radius 1 is 1.20 bits per heavy atom. The van der Waals surface area contributed by atoms with Crippen molar-refractivity contribution in [2.24, 2.45) is 5.92 Å². The largest absolute Gasteiger partial charge is 0.480 e. The molecule has 1 aliphatic heterocycles. The van der Waals surface area contributed by atoms with Gasteiger partial charge >= 0.3 is 5.97 Å². The van der Waals surface area contributed by atoms with Crippen LogP contribution in [0.5, 0.6) is 0 Å². The Hall–Kier alpha value is -1.91. The molecule has 3 unspecified atom stereocenters. The number of nitrogens with zero attached hydrogens (tertiary/aromatic N) is 2. The molecule has 5 nitrogen and oxygen atoms in total. The van der Waals surface area contributed by atoms with Gasteiger partial charge in [-0.1, -0.05) is 12.8 Å². The van der Waals surface area contributed by atoms with Crippen molar-refractivity contribution in [2.75, 3.05) is 0 Å². The summed E-state index contributed by atoms with van der Waals surface area (Å²) in [7, 11) is 0. The summed E-state index contributed by atoms with van der Waals surface area (Å²) in [6.45, 7) is 0. The summed E-state index contributed by atoms with van der Waals surface area (Å²) in [6, 6.07) is 2.71. The number of carboxylic acids is 1. The van der Waals surface area contributed by atoms with E-state index in [1.54, 1.807) is 29.4 Å². The Labute approximate surface area is 117 Å². The minimum Gasteiger partial charge on any atom is -0.480 e. The quantitative estimate of drug-likeness (QED) is 0.894. The zero-order chi connectivity index (χ0) is 14.1. The fourth-order valence-corrected chi connectivity index (χ4v) is 3.62. The lowest BCUT2D eigenvalue weighted by Crippen LogP contribution is -2.46. The molecule has 0 spiro atoms. The molecule has 1 N–H and O–H groups in total. The van der Waals surface area contributed by atoms with Crippen molar-refractivity contribution in [2.45, 2.75) is 44.2 Å². The van der Waals surface area contributed by atoms with E-state index >= 15 is 0 Å². The van der Waals surface area contributed by atoms with Gasteiger partial charge in [-0.15, -0.1) is 0 Å². The maximum Gasteiger partial charge on any atom is 0.326 e. The van der Waals surface area contributed by atoms with E-state index in [0.717, 1.165) is 25.7 Å². The van der Waals surface area contributed by atoms with Crippen LogP contribution in [0.4, 0.5) is 0 Å². The van der Waals surface area contributed by atoms with Gasteiger partial charge in [-0.2, -0.15) is 0 Å². The summed E-state index contributed by atoms with van der Waals surface area (Å²) in [4.78, 5) is 29.7. The van der Waals surface area contributed by atoms with Crippen molar-refractivity contribution >= 4 is 11.9 Å². The Bertz CT molecular complexity index is 517. The van der Waals surface area contributed by atoms with Crippen LogP contribution in [0.15, 0.2) is 24.5 Å². The number of carbonyl (C=O) groups is 2. The maximum absolute atomic E-state index is 12.7. The predicted molar refractivity (Wildman–Crippen MR) is 72.2 cm³/mol. The summed E-state index contributed by atoms with van der Waals surface area (Å²) in [6.07, 6.45) is 7.91. The molecule has 20 heavy (non-hydrogen) atoms. The third-order valence-electron chi connectivity index (χ3n) is 4.53. The molecule has 106 valence electrons. The first-order chi connectivity index (χ1) is 9.68. The smallest absolute Gasteiger partial charge is 0.326 e. The van der Waals surface area contributed by atoms with Crippen LogP contribution in [0.25, 0.3) is 0 Å². The summed E-state index contributed by atoms with van der Waals surface area (Å²) in [5, 5.41) is 9.42. The number of pyridine rings is 1. The summed E-state index contributed by atoms with van der Waals surface area (Å²) in [5.41, 5.74) is 0.525. The van der Waals surface area contributed by atoms with E-state index in [1.807, 2.05) is 0 Å². The van der Waals surface area contributed by atoms with Gasteiger partial charge < -0.3 is 10.0 Å². The monoisotopic (exact) mass is 274 g/mol. The van der Waals surface area contributed by atoms with E-state index in [-0.39, 0.29) is 11.9 Å². The van der Waals surface area contributed by atoms with Gasteiger partial charge in [-0.05, 0) is 37.3 Å². The number of hydrogen-bond acceptors (Lipinski definition) is 3.